The number of benzene rings is 1. The smallest absolute Gasteiger partial charge is 0.263 e. The molecule has 4 N–H and O–H groups in total. The van der Waals surface area contributed by atoms with Crippen molar-refractivity contribution in [2.45, 2.75) is 6.04 Å². The Labute approximate surface area is 148 Å². The topological polar surface area (TPSA) is 124 Å². The molecule has 3 heterocycles. The Morgan fingerprint density at radius 3 is 2.58 bits per heavy atom. The number of nitrogens with two attached hydrogens (primary N) is 1. The molecule has 26 heavy (non-hydrogen) atoms. The molecule has 1 unspecified atom stereocenters. The van der Waals surface area contributed by atoms with Crippen LogP contribution in [0, 0.1) is 0 Å². The molecule has 1 amide bonds. The Morgan fingerprint density at radius 2 is 1.88 bits per heavy atom. The number of aromatic nitrogens is 4. The van der Waals surface area contributed by atoms with Crippen molar-refractivity contribution in [2.24, 2.45) is 5.73 Å². The predicted octanol–water partition coefficient (Wildman–Crippen LogP) is -0.00520. The number of aromatic amines is 2. The molecule has 134 valence electrons. The van der Waals surface area contributed by atoms with Crippen LogP contribution in [0.3, 0.4) is 0 Å². The van der Waals surface area contributed by atoms with Crippen LogP contribution >= 0.6 is 0 Å². The van der Waals surface area contributed by atoms with Crippen LogP contribution < -0.4 is 16.2 Å². The van der Waals surface area contributed by atoms with Gasteiger partial charge in [-0.05, 0) is 5.56 Å². The minimum Gasteiger partial charge on any atom is -0.368 e. The second kappa shape index (κ2) is 6.60. The number of H-pyrrole nitrogens is 2. The van der Waals surface area contributed by atoms with E-state index in [-0.39, 0.29) is 11.5 Å². The second-order valence-corrected chi connectivity index (χ2v) is 6.26. The number of primary amides is 1. The lowest BCUT2D eigenvalue weighted by Gasteiger charge is -2.38. The molecule has 1 aromatic carbocycles. The molecule has 0 bridgehead atoms. The van der Waals surface area contributed by atoms with Crippen LogP contribution in [0.15, 0.2) is 41.3 Å². The fraction of sp³-hybridized carbons (Fsp3) is 0.294. The van der Waals surface area contributed by atoms with Crippen molar-refractivity contribution in [1.82, 2.24) is 25.1 Å². The minimum atomic E-state index is -0.458. The number of anilines is 1. The SMILES string of the molecule is NC(=O)C(c1ccccc1)N1CCN(c2nc3[nH]ncc3c(=O)[nH]2)CC1. The first-order valence-electron chi connectivity index (χ1n) is 8.40. The fourth-order valence-electron chi connectivity index (χ4n) is 3.37. The van der Waals surface area contributed by atoms with E-state index in [0.29, 0.717) is 43.2 Å². The van der Waals surface area contributed by atoms with Gasteiger partial charge in [0.15, 0.2) is 5.65 Å². The maximum atomic E-state index is 12.1. The van der Waals surface area contributed by atoms with Gasteiger partial charge in [-0.3, -0.25) is 24.6 Å². The molecule has 1 aliphatic rings. The largest absolute Gasteiger partial charge is 0.368 e. The van der Waals surface area contributed by atoms with Crippen molar-refractivity contribution in [3.63, 3.8) is 0 Å². The lowest BCUT2D eigenvalue weighted by Crippen LogP contribution is -2.51. The first-order chi connectivity index (χ1) is 12.6. The Kier molecular flexibility index (Phi) is 4.13. The number of fused-ring (bicyclic) bond motifs is 1. The number of nitrogens with zero attached hydrogens (tertiary/aromatic N) is 4. The molecule has 1 fully saturated rings. The van der Waals surface area contributed by atoms with Gasteiger partial charge >= 0.3 is 0 Å². The van der Waals surface area contributed by atoms with Gasteiger partial charge in [0, 0.05) is 26.2 Å². The van der Waals surface area contributed by atoms with E-state index in [0.717, 1.165) is 5.56 Å². The van der Waals surface area contributed by atoms with E-state index in [1.807, 2.05) is 35.2 Å². The summed E-state index contributed by atoms with van der Waals surface area (Å²) in [4.78, 5) is 35.4. The molecule has 4 rings (SSSR count). The first-order valence-corrected chi connectivity index (χ1v) is 8.40. The average molecular weight is 353 g/mol. The Bertz CT molecular complexity index is 973. The Balaban J connectivity index is 1.52. The molecule has 3 aromatic rings. The molecule has 0 saturated carbocycles. The van der Waals surface area contributed by atoms with Crippen molar-refractivity contribution >= 4 is 22.9 Å². The summed E-state index contributed by atoms with van der Waals surface area (Å²) >= 11 is 0. The zero-order valence-corrected chi connectivity index (χ0v) is 14.1. The van der Waals surface area contributed by atoms with Crippen LogP contribution in [0.1, 0.15) is 11.6 Å². The summed E-state index contributed by atoms with van der Waals surface area (Å²) in [6.45, 7) is 2.51. The summed E-state index contributed by atoms with van der Waals surface area (Å²) in [6, 6.07) is 9.07. The monoisotopic (exact) mass is 353 g/mol. The summed E-state index contributed by atoms with van der Waals surface area (Å²) in [7, 11) is 0. The van der Waals surface area contributed by atoms with E-state index < -0.39 is 6.04 Å². The van der Waals surface area contributed by atoms with Crippen LogP contribution in [-0.4, -0.2) is 57.2 Å². The predicted molar refractivity (Wildman–Crippen MR) is 96.7 cm³/mol. The number of amides is 1. The van der Waals surface area contributed by atoms with E-state index in [1.54, 1.807) is 0 Å². The molecule has 9 heteroatoms. The third-order valence-corrected chi connectivity index (χ3v) is 4.67. The number of carbonyl (C=O) groups is 1. The van der Waals surface area contributed by atoms with Gasteiger partial charge in [0.25, 0.3) is 5.56 Å². The highest BCUT2D eigenvalue weighted by atomic mass is 16.1. The number of hydrogen-bond donors (Lipinski definition) is 3. The van der Waals surface area contributed by atoms with E-state index in [2.05, 4.69) is 25.1 Å². The zero-order chi connectivity index (χ0) is 18.1. The molecule has 1 saturated heterocycles. The van der Waals surface area contributed by atoms with Crippen molar-refractivity contribution in [1.29, 1.82) is 0 Å². The van der Waals surface area contributed by atoms with E-state index >= 15 is 0 Å². The van der Waals surface area contributed by atoms with E-state index in [4.69, 9.17) is 5.73 Å². The molecule has 1 atom stereocenters. The summed E-state index contributed by atoms with van der Waals surface area (Å²) in [5, 5.41) is 7.01. The molecular weight excluding hydrogens is 334 g/mol. The first kappa shape index (κ1) is 16.3. The van der Waals surface area contributed by atoms with Crippen LogP contribution in [0.2, 0.25) is 0 Å². The standard InChI is InChI=1S/C17H19N7O2/c18-14(25)13(11-4-2-1-3-5-11)23-6-8-24(9-7-23)17-20-15-12(10-19-22-15)16(26)21-17/h1-5,10,13H,6-9H2,(H2,18,25)(H2,19,20,21,22,26). The molecule has 0 radical (unpaired) electrons. The lowest BCUT2D eigenvalue weighted by atomic mass is 10.0. The maximum Gasteiger partial charge on any atom is 0.263 e. The summed E-state index contributed by atoms with van der Waals surface area (Å²) < 4.78 is 0. The molecule has 0 aliphatic carbocycles. The number of rotatable bonds is 4. The molecule has 1 aliphatic heterocycles. The normalized spacial score (nSPS) is 16.7. The van der Waals surface area contributed by atoms with Crippen LogP contribution in [0.4, 0.5) is 5.95 Å². The van der Waals surface area contributed by atoms with Gasteiger partial charge in [0.1, 0.15) is 11.4 Å². The van der Waals surface area contributed by atoms with Gasteiger partial charge in [-0.2, -0.15) is 10.1 Å². The molecular formula is C17H19N7O2. The molecule has 2 aromatic heterocycles. The van der Waals surface area contributed by atoms with Gasteiger partial charge in [0.05, 0.1) is 6.20 Å². The highest BCUT2D eigenvalue weighted by Gasteiger charge is 2.29. The number of piperazine rings is 1. The Hall–Kier alpha value is -3.20. The molecule has 0 spiro atoms. The van der Waals surface area contributed by atoms with Crippen molar-refractivity contribution in [2.75, 3.05) is 31.1 Å². The quantitative estimate of drug-likeness (QED) is 0.606. The lowest BCUT2D eigenvalue weighted by molar-refractivity contribution is -0.123. The number of hydrogen-bond acceptors (Lipinski definition) is 6. The third-order valence-electron chi connectivity index (χ3n) is 4.67. The fourth-order valence-corrected chi connectivity index (χ4v) is 3.37. The summed E-state index contributed by atoms with van der Waals surface area (Å²) in [5.41, 5.74) is 6.78. The van der Waals surface area contributed by atoms with Gasteiger partial charge < -0.3 is 10.6 Å². The second-order valence-electron chi connectivity index (χ2n) is 6.26. The van der Waals surface area contributed by atoms with E-state index in [9.17, 15) is 9.59 Å². The zero-order valence-electron chi connectivity index (χ0n) is 14.1. The van der Waals surface area contributed by atoms with Crippen molar-refractivity contribution in [3.8, 4) is 0 Å². The Morgan fingerprint density at radius 1 is 1.15 bits per heavy atom. The maximum absolute atomic E-state index is 12.1. The van der Waals surface area contributed by atoms with Gasteiger partial charge in [-0.1, -0.05) is 30.3 Å². The highest BCUT2D eigenvalue weighted by molar-refractivity contribution is 5.81. The van der Waals surface area contributed by atoms with Crippen LogP contribution in [0.25, 0.3) is 11.0 Å². The third kappa shape index (κ3) is 2.93. The summed E-state index contributed by atoms with van der Waals surface area (Å²) in [5.74, 6) is 0.136. The number of nitrogens with one attached hydrogen (secondary N) is 2. The van der Waals surface area contributed by atoms with Crippen LogP contribution in [-0.2, 0) is 4.79 Å². The number of carbonyl (C=O) groups excluding carboxylic acids is 1. The van der Waals surface area contributed by atoms with E-state index in [1.165, 1.54) is 6.20 Å². The van der Waals surface area contributed by atoms with Gasteiger partial charge in [-0.15, -0.1) is 0 Å². The van der Waals surface area contributed by atoms with Crippen molar-refractivity contribution in [3.05, 3.63) is 52.4 Å². The van der Waals surface area contributed by atoms with Crippen molar-refractivity contribution < 1.29 is 4.79 Å². The minimum absolute atomic E-state index is 0.222. The average Bonchev–Trinajstić information content (AvgIpc) is 3.12. The summed E-state index contributed by atoms with van der Waals surface area (Å²) in [6.07, 6.45) is 1.46. The molecule has 9 nitrogen and oxygen atoms in total. The van der Waals surface area contributed by atoms with Gasteiger partial charge in [-0.25, -0.2) is 0 Å². The van der Waals surface area contributed by atoms with Crippen LogP contribution in [0.5, 0.6) is 0 Å². The highest BCUT2D eigenvalue weighted by Crippen LogP contribution is 2.23. The van der Waals surface area contributed by atoms with Gasteiger partial charge in [0.2, 0.25) is 11.9 Å².